The number of aromatic amines is 1. The number of benzene rings is 2. The van der Waals surface area contributed by atoms with E-state index in [9.17, 15) is 4.79 Å². The molecule has 0 saturated heterocycles. The van der Waals surface area contributed by atoms with E-state index in [1.807, 2.05) is 42.5 Å². The average molecular weight is 293 g/mol. The molecule has 1 heterocycles. The molecule has 3 aromatic rings. The minimum atomic E-state index is 0.0451. The number of para-hydroxylation sites is 2. The second-order valence-electron chi connectivity index (χ2n) is 5.40. The number of fused-ring (bicyclic) bond motifs is 1. The van der Waals surface area contributed by atoms with Crippen molar-refractivity contribution in [2.75, 3.05) is 0 Å². The minimum absolute atomic E-state index is 0.0451. The Kier molecular flexibility index (Phi) is 4.19. The van der Waals surface area contributed by atoms with E-state index in [1.165, 1.54) is 5.56 Å². The van der Waals surface area contributed by atoms with Gasteiger partial charge in [0.15, 0.2) is 0 Å². The molecule has 0 spiro atoms. The van der Waals surface area contributed by atoms with Gasteiger partial charge in [-0.1, -0.05) is 36.4 Å². The standard InChI is InChI=1S/C18H19N3O/c1-13-6-2-3-7-14(13)12-19-18(22)11-10-17-20-15-8-4-5-9-16(15)21-17/h2-9H,10-12H2,1H3,(H,19,22)(H,20,21). The first-order valence-electron chi connectivity index (χ1n) is 7.47. The highest BCUT2D eigenvalue weighted by molar-refractivity contribution is 5.77. The first-order valence-corrected chi connectivity index (χ1v) is 7.47. The zero-order valence-electron chi connectivity index (χ0n) is 12.6. The molecule has 0 saturated carbocycles. The number of H-pyrrole nitrogens is 1. The third-order valence-electron chi connectivity index (χ3n) is 3.76. The number of hydrogen-bond acceptors (Lipinski definition) is 2. The second-order valence-corrected chi connectivity index (χ2v) is 5.40. The zero-order chi connectivity index (χ0) is 15.4. The summed E-state index contributed by atoms with van der Waals surface area (Å²) < 4.78 is 0. The van der Waals surface area contributed by atoms with Gasteiger partial charge in [-0.3, -0.25) is 4.79 Å². The third-order valence-corrected chi connectivity index (χ3v) is 3.76. The summed E-state index contributed by atoms with van der Waals surface area (Å²) >= 11 is 0. The number of imidazole rings is 1. The topological polar surface area (TPSA) is 57.8 Å². The summed E-state index contributed by atoms with van der Waals surface area (Å²) in [6, 6.07) is 16.0. The van der Waals surface area contributed by atoms with E-state index >= 15 is 0 Å². The number of aryl methyl sites for hydroxylation is 2. The Morgan fingerprint density at radius 1 is 1.14 bits per heavy atom. The third kappa shape index (κ3) is 3.34. The minimum Gasteiger partial charge on any atom is -0.352 e. The van der Waals surface area contributed by atoms with Crippen LogP contribution in [0.3, 0.4) is 0 Å². The van der Waals surface area contributed by atoms with Gasteiger partial charge in [0.05, 0.1) is 11.0 Å². The van der Waals surface area contributed by atoms with Gasteiger partial charge in [0.25, 0.3) is 0 Å². The monoisotopic (exact) mass is 293 g/mol. The van der Waals surface area contributed by atoms with Gasteiger partial charge in [-0.25, -0.2) is 4.98 Å². The lowest BCUT2D eigenvalue weighted by Crippen LogP contribution is -2.23. The van der Waals surface area contributed by atoms with E-state index in [4.69, 9.17) is 0 Å². The van der Waals surface area contributed by atoms with Crippen LogP contribution in [-0.4, -0.2) is 15.9 Å². The number of amides is 1. The zero-order valence-corrected chi connectivity index (χ0v) is 12.6. The maximum atomic E-state index is 12.0. The van der Waals surface area contributed by atoms with Gasteiger partial charge in [-0.05, 0) is 30.2 Å². The number of hydrogen-bond donors (Lipinski definition) is 2. The summed E-state index contributed by atoms with van der Waals surface area (Å²) in [5, 5.41) is 2.96. The first kappa shape index (κ1) is 14.3. The molecule has 0 fully saturated rings. The van der Waals surface area contributed by atoms with E-state index < -0.39 is 0 Å². The average Bonchev–Trinajstić information content (AvgIpc) is 2.95. The van der Waals surface area contributed by atoms with Crippen LogP contribution >= 0.6 is 0 Å². The van der Waals surface area contributed by atoms with Crippen LogP contribution in [0.15, 0.2) is 48.5 Å². The van der Waals surface area contributed by atoms with Crippen LogP contribution in [0.5, 0.6) is 0 Å². The fraction of sp³-hybridized carbons (Fsp3) is 0.222. The van der Waals surface area contributed by atoms with Crippen LogP contribution in [0.1, 0.15) is 23.4 Å². The maximum absolute atomic E-state index is 12.0. The Balaban J connectivity index is 1.53. The van der Waals surface area contributed by atoms with E-state index in [-0.39, 0.29) is 5.91 Å². The van der Waals surface area contributed by atoms with E-state index in [1.54, 1.807) is 0 Å². The predicted molar refractivity (Wildman–Crippen MR) is 87.4 cm³/mol. The fourth-order valence-electron chi connectivity index (χ4n) is 2.45. The van der Waals surface area contributed by atoms with Crippen molar-refractivity contribution in [3.8, 4) is 0 Å². The van der Waals surface area contributed by atoms with E-state index in [2.05, 4.69) is 28.3 Å². The molecule has 4 nitrogen and oxygen atoms in total. The molecule has 0 aliphatic carbocycles. The van der Waals surface area contributed by atoms with Crippen molar-refractivity contribution in [1.29, 1.82) is 0 Å². The lowest BCUT2D eigenvalue weighted by molar-refractivity contribution is -0.121. The van der Waals surface area contributed by atoms with Gasteiger partial charge in [0.2, 0.25) is 5.91 Å². The molecule has 1 aromatic heterocycles. The highest BCUT2D eigenvalue weighted by Crippen LogP contribution is 2.11. The molecule has 22 heavy (non-hydrogen) atoms. The predicted octanol–water partition coefficient (Wildman–Crippen LogP) is 3.12. The van der Waals surface area contributed by atoms with E-state index in [0.29, 0.717) is 19.4 Å². The van der Waals surface area contributed by atoms with Gasteiger partial charge < -0.3 is 10.3 Å². The molecule has 4 heteroatoms. The molecule has 0 unspecified atom stereocenters. The van der Waals surface area contributed by atoms with Gasteiger partial charge in [0, 0.05) is 19.4 Å². The molecule has 2 N–H and O–H groups in total. The number of rotatable bonds is 5. The number of carbonyl (C=O) groups is 1. The van der Waals surface area contributed by atoms with Gasteiger partial charge in [-0.15, -0.1) is 0 Å². The van der Waals surface area contributed by atoms with Crippen LogP contribution in [0.25, 0.3) is 11.0 Å². The van der Waals surface area contributed by atoms with Crippen molar-refractivity contribution in [3.05, 3.63) is 65.5 Å². The van der Waals surface area contributed by atoms with Crippen molar-refractivity contribution in [2.45, 2.75) is 26.3 Å². The molecule has 0 atom stereocenters. The first-order chi connectivity index (χ1) is 10.7. The molecule has 1 amide bonds. The Labute approximate surface area is 129 Å². The SMILES string of the molecule is Cc1ccccc1CNC(=O)CCc1nc2ccccc2[nH]1. The molecule has 3 rings (SSSR count). The maximum Gasteiger partial charge on any atom is 0.220 e. The summed E-state index contributed by atoms with van der Waals surface area (Å²) in [6.07, 6.45) is 1.06. The highest BCUT2D eigenvalue weighted by Gasteiger charge is 2.06. The van der Waals surface area contributed by atoms with Gasteiger partial charge in [0.1, 0.15) is 5.82 Å². The number of nitrogens with one attached hydrogen (secondary N) is 2. The fourth-order valence-corrected chi connectivity index (χ4v) is 2.45. The molecule has 2 aromatic carbocycles. The Morgan fingerprint density at radius 2 is 1.91 bits per heavy atom. The van der Waals surface area contributed by atoms with Crippen LogP contribution in [0, 0.1) is 6.92 Å². The molecular weight excluding hydrogens is 274 g/mol. The summed E-state index contributed by atoms with van der Waals surface area (Å²) in [4.78, 5) is 19.7. The summed E-state index contributed by atoms with van der Waals surface area (Å²) in [5.74, 6) is 0.899. The molecule has 0 aliphatic rings. The molecule has 112 valence electrons. The van der Waals surface area contributed by atoms with Crippen molar-refractivity contribution < 1.29 is 4.79 Å². The van der Waals surface area contributed by atoms with E-state index in [0.717, 1.165) is 22.4 Å². The summed E-state index contributed by atoms with van der Waals surface area (Å²) in [6.45, 7) is 2.63. The molecule has 0 radical (unpaired) electrons. The van der Waals surface area contributed by atoms with Crippen molar-refractivity contribution in [2.24, 2.45) is 0 Å². The molecule has 0 aliphatic heterocycles. The number of nitrogens with zero attached hydrogens (tertiary/aromatic N) is 1. The highest BCUT2D eigenvalue weighted by atomic mass is 16.1. The smallest absolute Gasteiger partial charge is 0.220 e. The lowest BCUT2D eigenvalue weighted by atomic mass is 10.1. The summed E-state index contributed by atoms with van der Waals surface area (Å²) in [7, 11) is 0. The Bertz CT molecular complexity index is 759. The van der Waals surface area contributed by atoms with Crippen molar-refractivity contribution in [3.63, 3.8) is 0 Å². The lowest BCUT2D eigenvalue weighted by Gasteiger charge is -2.07. The Hall–Kier alpha value is -2.62. The van der Waals surface area contributed by atoms with Crippen LogP contribution < -0.4 is 5.32 Å². The van der Waals surface area contributed by atoms with Gasteiger partial charge in [-0.2, -0.15) is 0 Å². The number of carbonyl (C=O) groups excluding carboxylic acids is 1. The summed E-state index contributed by atoms with van der Waals surface area (Å²) in [5.41, 5.74) is 4.30. The van der Waals surface area contributed by atoms with Crippen LogP contribution in [0.4, 0.5) is 0 Å². The van der Waals surface area contributed by atoms with Crippen molar-refractivity contribution in [1.82, 2.24) is 15.3 Å². The van der Waals surface area contributed by atoms with Crippen LogP contribution in [-0.2, 0) is 17.8 Å². The quantitative estimate of drug-likeness (QED) is 0.759. The second kappa shape index (κ2) is 6.43. The molecular formula is C18H19N3O. The van der Waals surface area contributed by atoms with Crippen LogP contribution in [0.2, 0.25) is 0 Å². The number of aromatic nitrogens is 2. The molecule has 0 bridgehead atoms. The Morgan fingerprint density at radius 3 is 2.73 bits per heavy atom. The normalized spacial score (nSPS) is 10.8. The van der Waals surface area contributed by atoms with Gasteiger partial charge >= 0.3 is 0 Å². The largest absolute Gasteiger partial charge is 0.352 e. The van der Waals surface area contributed by atoms with Crippen molar-refractivity contribution >= 4 is 16.9 Å².